The largest absolute Gasteiger partial charge is 0.386 e. The molecule has 0 bridgehead atoms. The van der Waals surface area contributed by atoms with Gasteiger partial charge in [0.25, 0.3) is 0 Å². The summed E-state index contributed by atoms with van der Waals surface area (Å²) in [7, 11) is 0. The summed E-state index contributed by atoms with van der Waals surface area (Å²) in [5.41, 5.74) is 5.61. The SMILES string of the molecule is NC1=CC(c2ncccn2)C=CN1. The normalized spacial score (nSPS) is 20.6. The molecule has 0 saturated heterocycles. The summed E-state index contributed by atoms with van der Waals surface area (Å²) in [6.45, 7) is 0. The summed E-state index contributed by atoms with van der Waals surface area (Å²) in [6.07, 6.45) is 9.10. The molecule has 0 aromatic carbocycles. The van der Waals surface area contributed by atoms with Crippen LogP contribution >= 0.6 is 0 Å². The molecule has 1 aliphatic heterocycles. The van der Waals surface area contributed by atoms with E-state index in [-0.39, 0.29) is 5.92 Å². The molecule has 0 fully saturated rings. The van der Waals surface area contributed by atoms with Crippen molar-refractivity contribution in [2.75, 3.05) is 0 Å². The highest BCUT2D eigenvalue weighted by Crippen LogP contribution is 2.16. The van der Waals surface area contributed by atoms with Gasteiger partial charge in [0.05, 0.1) is 11.7 Å². The molecular formula is C9H10N4. The topological polar surface area (TPSA) is 63.8 Å². The number of nitrogens with zero attached hydrogens (tertiary/aromatic N) is 2. The van der Waals surface area contributed by atoms with Crippen LogP contribution in [0.1, 0.15) is 11.7 Å². The number of nitrogens with two attached hydrogens (primary N) is 1. The molecule has 0 amide bonds. The van der Waals surface area contributed by atoms with Crippen LogP contribution in [0.2, 0.25) is 0 Å². The van der Waals surface area contributed by atoms with Gasteiger partial charge in [-0.15, -0.1) is 0 Å². The Hall–Kier alpha value is -1.84. The molecule has 2 heterocycles. The lowest BCUT2D eigenvalue weighted by atomic mass is 10.1. The maximum atomic E-state index is 5.61. The van der Waals surface area contributed by atoms with E-state index in [1.165, 1.54) is 0 Å². The monoisotopic (exact) mass is 174 g/mol. The van der Waals surface area contributed by atoms with Crippen LogP contribution in [0.4, 0.5) is 0 Å². The number of dihydropyridines is 1. The Bertz CT molecular complexity index is 342. The Kier molecular flexibility index (Phi) is 1.96. The van der Waals surface area contributed by atoms with Crippen molar-refractivity contribution in [2.45, 2.75) is 5.92 Å². The van der Waals surface area contributed by atoms with Gasteiger partial charge in [-0.2, -0.15) is 0 Å². The van der Waals surface area contributed by atoms with E-state index in [0.29, 0.717) is 5.82 Å². The fraction of sp³-hybridized carbons (Fsp3) is 0.111. The minimum Gasteiger partial charge on any atom is -0.386 e. The second-order valence-electron chi connectivity index (χ2n) is 2.76. The van der Waals surface area contributed by atoms with Gasteiger partial charge in [-0.1, -0.05) is 6.08 Å². The molecule has 1 aromatic rings. The number of aromatic nitrogens is 2. The second kappa shape index (κ2) is 3.26. The van der Waals surface area contributed by atoms with Gasteiger partial charge >= 0.3 is 0 Å². The first-order valence-corrected chi connectivity index (χ1v) is 4.03. The predicted octanol–water partition coefficient (Wildman–Crippen LogP) is 0.477. The Balaban J connectivity index is 2.27. The highest BCUT2D eigenvalue weighted by atomic mass is 15.0. The minimum absolute atomic E-state index is 0.0856. The number of hydrogen-bond donors (Lipinski definition) is 2. The molecule has 66 valence electrons. The van der Waals surface area contributed by atoms with Crippen LogP contribution in [-0.4, -0.2) is 9.97 Å². The van der Waals surface area contributed by atoms with Gasteiger partial charge in [-0.3, -0.25) is 0 Å². The summed E-state index contributed by atoms with van der Waals surface area (Å²) < 4.78 is 0. The van der Waals surface area contributed by atoms with E-state index < -0.39 is 0 Å². The van der Waals surface area contributed by atoms with E-state index in [4.69, 9.17) is 5.73 Å². The van der Waals surface area contributed by atoms with Gasteiger partial charge < -0.3 is 11.1 Å². The first-order valence-electron chi connectivity index (χ1n) is 4.03. The third-order valence-corrected chi connectivity index (χ3v) is 1.80. The zero-order chi connectivity index (χ0) is 9.10. The number of rotatable bonds is 1. The Morgan fingerprint density at radius 1 is 1.31 bits per heavy atom. The van der Waals surface area contributed by atoms with Gasteiger partial charge in [0, 0.05) is 12.4 Å². The molecule has 3 N–H and O–H groups in total. The Morgan fingerprint density at radius 3 is 2.77 bits per heavy atom. The molecule has 4 nitrogen and oxygen atoms in total. The fourth-order valence-electron chi connectivity index (χ4n) is 1.19. The second-order valence-corrected chi connectivity index (χ2v) is 2.76. The van der Waals surface area contributed by atoms with Crippen molar-refractivity contribution in [1.29, 1.82) is 0 Å². The van der Waals surface area contributed by atoms with Crippen LogP contribution in [-0.2, 0) is 0 Å². The maximum Gasteiger partial charge on any atom is 0.139 e. The third-order valence-electron chi connectivity index (χ3n) is 1.80. The molecule has 1 unspecified atom stereocenters. The lowest BCUT2D eigenvalue weighted by molar-refractivity contribution is 0.846. The summed E-state index contributed by atoms with van der Waals surface area (Å²) in [5, 5.41) is 2.88. The summed E-state index contributed by atoms with van der Waals surface area (Å²) in [4.78, 5) is 8.29. The molecule has 4 heteroatoms. The summed E-state index contributed by atoms with van der Waals surface area (Å²) in [6, 6.07) is 1.79. The zero-order valence-electron chi connectivity index (χ0n) is 7.01. The summed E-state index contributed by atoms with van der Waals surface area (Å²) in [5.74, 6) is 1.49. The van der Waals surface area contributed by atoms with Crippen molar-refractivity contribution in [1.82, 2.24) is 15.3 Å². The standard InChI is InChI=1S/C9H10N4/c10-8-6-7(2-5-11-8)9-12-3-1-4-13-9/h1-7,11H,10H2. The van der Waals surface area contributed by atoms with E-state index in [2.05, 4.69) is 15.3 Å². The van der Waals surface area contributed by atoms with Crippen LogP contribution in [0, 0.1) is 0 Å². The molecule has 1 aliphatic rings. The molecule has 1 atom stereocenters. The molecular weight excluding hydrogens is 164 g/mol. The van der Waals surface area contributed by atoms with Crippen molar-refractivity contribution in [3.8, 4) is 0 Å². The third kappa shape index (κ3) is 1.66. The van der Waals surface area contributed by atoms with Gasteiger partial charge in [0.15, 0.2) is 0 Å². The molecule has 0 radical (unpaired) electrons. The van der Waals surface area contributed by atoms with Crippen molar-refractivity contribution in [3.63, 3.8) is 0 Å². The molecule has 2 rings (SSSR count). The van der Waals surface area contributed by atoms with Crippen LogP contribution in [0.15, 0.2) is 42.6 Å². The van der Waals surface area contributed by atoms with Crippen molar-refractivity contribution in [3.05, 3.63) is 48.5 Å². The predicted molar refractivity (Wildman–Crippen MR) is 49.3 cm³/mol. The average Bonchev–Trinajstić information content (AvgIpc) is 2.19. The van der Waals surface area contributed by atoms with Gasteiger partial charge in [-0.25, -0.2) is 9.97 Å². The van der Waals surface area contributed by atoms with E-state index in [9.17, 15) is 0 Å². The van der Waals surface area contributed by atoms with Crippen molar-refractivity contribution < 1.29 is 0 Å². The van der Waals surface area contributed by atoms with Crippen LogP contribution < -0.4 is 11.1 Å². The van der Waals surface area contributed by atoms with Gasteiger partial charge in [0.1, 0.15) is 5.82 Å². The summed E-state index contributed by atoms with van der Waals surface area (Å²) >= 11 is 0. The quantitative estimate of drug-likeness (QED) is 0.650. The van der Waals surface area contributed by atoms with E-state index in [1.54, 1.807) is 24.7 Å². The average molecular weight is 174 g/mol. The number of nitrogens with one attached hydrogen (secondary N) is 1. The van der Waals surface area contributed by atoms with Crippen LogP contribution in [0.3, 0.4) is 0 Å². The fourth-order valence-corrected chi connectivity index (χ4v) is 1.19. The Labute approximate surface area is 76.2 Å². The van der Waals surface area contributed by atoms with E-state index in [0.717, 1.165) is 5.82 Å². The van der Waals surface area contributed by atoms with Gasteiger partial charge in [-0.05, 0) is 18.3 Å². The van der Waals surface area contributed by atoms with Gasteiger partial charge in [0.2, 0.25) is 0 Å². The van der Waals surface area contributed by atoms with E-state index in [1.807, 2.05) is 12.2 Å². The molecule has 0 saturated carbocycles. The van der Waals surface area contributed by atoms with Crippen molar-refractivity contribution >= 4 is 0 Å². The smallest absolute Gasteiger partial charge is 0.139 e. The lowest BCUT2D eigenvalue weighted by Gasteiger charge is -2.12. The molecule has 1 aromatic heterocycles. The van der Waals surface area contributed by atoms with E-state index >= 15 is 0 Å². The van der Waals surface area contributed by atoms with Crippen LogP contribution in [0.5, 0.6) is 0 Å². The first-order chi connectivity index (χ1) is 6.36. The molecule has 0 spiro atoms. The molecule has 13 heavy (non-hydrogen) atoms. The maximum absolute atomic E-state index is 5.61. The Morgan fingerprint density at radius 2 is 2.08 bits per heavy atom. The lowest BCUT2D eigenvalue weighted by Crippen LogP contribution is -2.19. The van der Waals surface area contributed by atoms with Crippen LogP contribution in [0.25, 0.3) is 0 Å². The highest BCUT2D eigenvalue weighted by molar-refractivity contribution is 5.23. The first kappa shape index (κ1) is 7.79. The minimum atomic E-state index is 0.0856. The molecule has 0 aliphatic carbocycles. The number of allylic oxidation sites excluding steroid dienone is 2. The van der Waals surface area contributed by atoms with Crippen molar-refractivity contribution in [2.24, 2.45) is 5.73 Å². The number of hydrogen-bond acceptors (Lipinski definition) is 4. The zero-order valence-corrected chi connectivity index (χ0v) is 7.01. The highest BCUT2D eigenvalue weighted by Gasteiger charge is 2.10.